The third-order valence-electron chi connectivity index (χ3n) is 4.75. The van der Waals surface area contributed by atoms with Crippen LogP contribution in [0, 0.1) is 0 Å². The first-order valence-corrected chi connectivity index (χ1v) is 9.21. The lowest BCUT2D eigenvalue weighted by Gasteiger charge is -2.37. The number of Topliss-reactive ketones (excluding diaryl/α,β-unsaturated/α-hetero) is 1. The standard InChI is InChI=1S/C23H22N2O2/c26-23(18-9-3-1-4-10-18)21-17-24-15-16-25(21)20-13-7-8-14-22(20)27-19-11-5-2-6-12-19/h1-14,21,24H,15-17H2. The summed E-state index contributed by atoms with van der Waals surface area (Å²) >= 11 is 0. The number of carbonyl (C=O) groups is 1. The number of piperazine rings is 1. The molecule has 4 nitrogen and oxygen atoms in total. The summed E-state index contributed by atoms with van der Waals surface area (Å²) in [5.74, 6) is 1.67. The zero-order chi connectivity index (χ0) is 18.5. The number of ether oxygens (including phenoxy) is 1. The Morgan fingerprint density at radius 3 is 2.33 bits per heavy atom. The number of rotatable bonds is 5. The predicted octanol–water partition coefficient (Wildman–Crippen LogP) is 4.14. The molecule has 1 unspecified atom stereocenters. The first kappa shape index (κ1) is 17.3. The first-order chi connectivity index (χ1) is 13.3. The van der Waals surface area contributed by atoms with E-state index in [1.54, 1.807) is 0 Å². The van der Waals surface area contributed by atoms with Crippen molar-refractivity contribution in [3.8, 4) is 11.5 Å². The van der Waals surface area contributed by atoms with E-state index in [-0.39, 0.29) is 11.8 Å². The summed E-state index contributed by atoms with van der Waals surface area (Å²) in [6, 6.07) is 26.9. The van der Waals surface area contributed by atoms with Crippen LogP contribution in [0.4, 0.5) is 5.69 Å². The number of hydrogen-bond acceptors (Lipinski definition) is 4. The number of anilines is 1. The highest BCUT2D eigenvalue weighted by atomic mass is 16.5. The molecule has 0 saturated carbocycles. The van der Waals surface area contributed by atoms with Gasteiger partial charge in [0, 0.05) is 25.2 Å². The molecule has 0 bridgehead atoms. The molecule has 0 amide bonds. The van der Waals surface area contributed by atoms with Crippen molar-refractivity contribution in [2.75, 3.05) is 24.5 Å². The van der Waals surface area contributed by atoms with E-state index in [1.807, 2.05) is 84.9 Å². The normalized spacial score (nSPS) is 16.7. The van der Waals surface area contributed by atoms with Crippen LogP contribution in [-0.4, -0.2) is 31.5 Å². The summed E-state index contributed by atoms with van der Waals surface area (Å²) in [5, 5.41) is 3.35. The number of carbonyl (C=O) groups excluding carboxylic acids is 1. The van der Waals surface area contributed by atoms with Gasteiger partial charge >= 0.3 is 0 Å². The molecule has 1 saturated heterocycles. The highest BCUT2D eigenvalue weighted by Gasteiger charge is 2.31. The van der Waals surface area contributed by atoms with Crippen LogP contribution in [0.25, 0.3) is 0 Å². The van der Waals surface area contributed by atoms with E-state index >= 15 is 0 Å². The third-order valence-corrected chi connectivity index (χ3v) is 4.75. The van der Waals surface area contributed by atoms with Gasteiger partial charge in [-0.05, 0) is 24.3 Å². The lowest BCUT2D eigenvalue weighted by molar-refractivity contribution is 0.0950. The minimum atomic E-state index is -0.262. The Kier molecular flexibility index (Phi) is 5.17. The van der Waals surface area contributed by atoms with Gasteiger partial charge in [-0.15, -0.1) is 0 Å². The minimum absolute atomic E-state index is 0.123. The molecule has 0 aliphatic carbocycles. The van der Waals surface area contributed by atoms with Gasteiger partial charge in [-0.25, -0.2) is 0 Å². The second kappa shape index (κ2) is 8.06. The van der Waals surface area contributed by atoms with Crippen LogP contribution in [0.2, 0.25) is 0 Å². The fraction of sp³-hybridized carbons (Fsp3) is 0.174. The number of ketones is 1. The largest absolute Gasteiger partial charge is 0.455 e. The van der Waals surface area contributed by atoms with Gasteiger partial charge in [0.2, 0.25) is 0 Å². The Morgan fingerprint density at radius 2 is 1.56 bits per heavy atom. The number of para-hydroxylation sites is 3. The van der Waals surface area contributed by atoms with Crippen molar-refractivity contribution in [3.63, 3.8) is 0 Å². The number of nitrogens with zero attached hydrogens (tertiary/aromatic N) is 1. The van der Waals surface area contributed by atoms with E-state index in [4.69, 9.17) is 4.74 Å². The maximum Gasteiger partial charge on any atom is 0.186 e. The molecule has 4 heteroatoms. The second-order valence-corrected chi connectivity index (χ2v) is 6.53. The molecule has 27 heavy (non-hydrogen) atoms. The van der Waals surface area contributed by atoms with Gasteiger partial charge in [0.25, 0.3) is 0 Å². The van der Waals surface area contributed by atoms with Crippen LogP contribution < -0.4 is 15.0 Å². The Balaban J connectivity index is 1.65. The van der Waals surface area contributed by atoms with Crippen molar-refractivity contribution in [1.29, 1.82) is 0 Å². The van der Waals surface area contributed by atoms with Gasteiger partial charge in [0.1, 0.15) is 11.8 Å². The average molecular weight is 358 g/mol. The summed E-state index contributed by atoms with van der Waals surface area (Å²) in [6.07, 6.45) is 0. The molecule has 3 aromatic rings. The smallest absolute Gasteiger partial charge is 0.186 e. The van der Waals surface area contributed by atoms with Gasteiger partial charge in [-0.1, -0.05) is 60.7 Å². The molecule has 1 atom stereocenters. The Bertz CT molecular complexity index is 897. The summed E-state index contributed by atoms with van der Waals surface area (Å²) in [7, 11) is 0. The lowest BCUT2D eigenvalue weighted by Crippen LogP contribution is -2.55. The molecule has 1 N–H and O–H groups in total. The Morgan fingerprint density at radius 1 is 0.889 bits per heavy atom. The molecule has 1 fully saturated rings. The van der Waals surface area contributed by atoms with Crippen molar-refractivity contribution in [1.82, 2.24) is 5.32 Å². The van der Waals surface area contributed by atoms with Crippen LogP contribution in [0.5, 0.6) is 11.5 Å². The van der Waals surface area contributed by atoms with Crippen LogP contribution in [-0.2, 0) is 0 Å². The zero-order valence-electron chi connectivity index (χ0n) is 15.0. The van der Waals surface area contributed by atoms with Crippen molar-refractivity contribution in [2.45, 2.75) is 6.04 Å². The van der Waals surface area contributed by atoms with Gasteiger partial charge in [0.05, 0.1) is 5.69 Å². The van der Waals surface area contributed by atoms with Crippen LogP contribution in [0.1, 0.15) is 10.4 Å². The molecule has 0 aromatic heterocycles. The van der Waals surface area contributed by atoms with Gasteiger partial charge in [0.15, 0.2) is 11.5 Å². The van der Waals surface area contributed by atoms with Crippen LogP contribution in [0.15, 0.2) is 84.9 Å². The van der Waals surface area contributed by atoms with Crippen molar-refractivity contribution < 1.29 is 9.53 Å². The molecule has 1 aliphatic rings. The molecule has 4 rings (SSSR count). The van der Waals surface area contributed by atoms with Crippen molar-refractivity contribution in [3.05, 3.63) is 90.5 Å². The molecule has 3 aromatic carbocycles. The molecule has 0 spiro atoms. The quantitative estimate of drug-likeness (QED) is 0.696. The summed E-state index contributed by atoms with van der Waals surface area (Å²) in [4.78, 5) is 15.3. The lowest BCUT2D eigenvalue weighted by atomic mass is 10.0. The minimum Gasteiger partial charge on any atom is -0.455 e. The fourth-order valence-corrected chi connectivity index (χ4v) is 3.42. The molecule has 136 valence electrons. The third kappa shape index (κ3) is 3.86. The first-order valence-electron chi connectivity index (χ1n) is 9.21. The maximum absolute atomic E-state index is 13.1. The summed E-state index contributed by atoms with van der Waals surface area (Å²) in [5.41, 5.74) is 1.68. The van der Waals surface area contributed by atoms with Crippen LogP contribution in [0.3, 0.4) is 0 Å². The zero-order valence-corrected chi connectivity index (χ0v) is 15.0. The summed E-state index contributed by atoms with van der Waals surface area (Å²) in [6.45, 7) is 2.20. The second-order valence-electron chi connectivity index (χ2n) is 6.53. The monoisotopic (exact) mass is 358 g/mol. The van der Waals surface area contributed by atoms with E-state index in [9.17, 15) is 4.79 Å². The highest BCUT2D eigenvalue weighted by molar-refractivity contribution is 6.02. The van der Waals surface area contributed by atoms with Crippen LogP contribution >= 0.6 is 0 Å². The molecule has 0 radical (unpaired) electrons. The Hall–Kier alpha value is -3.11. The number of benzene rings is 3. The van der Waals surface area contributed by atoms with E-state index < -0.39 is 0 Å². The van der Waals surface area contributed by atoms with Crippen molar-refractivity contribution in [2.24, 2.45) is 0 Å². The topological polar surface area (TPSA) is 41.6 Å². The van der Waals surface area contributed by atoms with Gasteiger partial charge < -0.3 is 15.0 Å². The average Bonchev–Trinajstić information content (AvgIpc) is 2.75. The highest BCUT2D eigenvalue weighted by Crippen LogP contribution is 2.34. The SMILES string of the molecule is O=C(c1ccccc1)C1CNCCN1c1ccccc1Oc1ccccc1. The Labute approximate surface area is 159 Å². The predicted molar refractivity (Wildman–Crippen MR) is 108 cm³/mol. The number of hydrogen-bond donors (Lipinski definition) is 1. The van der Waals surface area contributed by atoms with E-state index in [0.717, 1.165) is 35.8 Å². The number of nitrogens with one attached hydrogen (secondary N) is 1. The van der Waals surface area contributed by atoms with Gasteiger partial charge in [-0.3, -0.25) is 4.79 Å². The fourth-order valence-electron chi connectivity index (χ4n) is 3.42. The van der Waals surface area contributed by atoms with Crippen molar-refractivity contribution >= 4 is 11.5 Å². The molecule has 1 aliphatic heterocycles. The molecule has 1 heterocycles. The molecular formula is C23H22N2O2. The van der Waals surface area contributed by atoms with Gasteiger partial charge in [-0.2, -0.15) is 0 Å². The van der Waals surface area contributed by atoms with E-state index in [0.29, 0.717) is 6.54 Å². The van der Waals surface area contributed by atoms with E-state index in [2.05, 4.69) is 10.2 Å². The molecular weight excluding hydrogens is 336 g/mol. The summed E-state index contributed by atoms with van der Waals surface area (Å²) < 4.78 is 6.12. The van der Waals surface area contributed by atoms with E-state index in [1.165, 1.54) is 0 Å². The maximum atomic E-state index is 13.1.